The van der Waals surface area contributed by atoms with Crippen LogP contribution in [-0.2, 0) is 0 Å². The van der Waals surface area contributed by atoms with Crippen molar-refractivity contribution >= 4 is 39.4 Å². The summed E-state index contributed by atoms with van der Waals surface area (Å²) in [6.07, 6.45) is 4.05. The van der Waals surface area contributed by atoms with E-state index in [4.69, 9.17) is 10.5 Å². The van der Waals surface area contributed by atoms with Crippen LogP contribution in [0.15, 0.2) is 42.5 Å². The highest BCUT2D eigenvalue weighted by Gasteiger charge is 2.02. The molecule has 2 aromatic carbocycles. The lowest BCUT2D eigenvalue weighted by atomic mass is 10.2. The van der Waals surface area contributed by atoms with E-state index in [1.807, 2.05) is 54.6 Å². The summed E-state index contributed by atoms with van der Waals surface area (Å²) < 4.78 is 6.35. The van der Waals surface area contributed by atoms with Crippen LogP contribution in [-0.4, -0.2) is 12.1 Å². The van der Waals surface area contributed by atoms with Crippen molar-refractivity contribution in [1.29, 1.82) is 0 Å². The van der Waals surface area contributed by atoms with Gasteiger partial charge in [0.15, 0.2) is 0 Å². The van der Waals surface area contributed by atoms with Gasteiger partial charge in [0, 0.05) is 5.69 Å². The van der Waals surface area contributed by atoms with E-state index >= 15 is 0 Å². The number of benzene rings is 2. The van der Waals surface area contributed by atoms with E-state index in [1.54, 1.807) is 18.4 Å². The molecule has 0 bridgehead atoms. The fraction of sp³-hybridized carbons (Fsp3) is 0.0625. The molecular formula is C16H14N2OS. The van der Waals surface area contributed by atoms with Gasteiger partial charge in [-0.25, -0.2) is 4.98 Å². The standard InChI is InChI=1S/C16H14N2OS/c1-19-13-7-8-14-15(10-13)20-16(18-14)9-4-11-2-5-12(17)6-3-11/h2-10H,17H2,1H3/b9-4+. The largest absolute Gasteiger partial charge is 0.497 e. The Hall–Kier alpha value is -2.33. The molecule has 0 spiro atoms. The van der Waals surface area contributed by atoms with Gasteiger partial charge in [-0.1, -0.05) is 18.2 Å². The molecule has 0 amide bonds. The van der Waals surface area contributed by atoms with E-state index in [2.05, 4.69) is 4.98 Å². The van der Waals surface area contributed by atoms with Crippen LogP contribution in [0.5, 0.6) is 5.75 Å². The first kappa shape index (κ1) is 12.7. The van der Waals surface area contributed by atoms with Crippen LogP contribution < -0.4 is 10.5 Å². The van der Waals surface area contributed by atoms with Crippen LogP contribution in [0.1, 0.15) is 10.6 Å². The van der Waals surface area contributed by atoms with Crippen molar-refractivity contribution in [1.82, 2.24) is 4.98 Å². The average molecular weight is 282 g/mol. The smallest absolute Gasteiger partial charge is 0.120 e. The molecule has 0 aliphatic heterocycles. The highest BCUT2D eigenvalue weighted by Crippen LogP contribution is 2.27. The molecule has 0 unspecified atom stereocenters. The van der Waals surface area contributed by atoms with Gasteiger partial charge in [-0.05, 0) is 42.0 Å². The van der Waals surface area contributed by atoms with Gasteiger partial charge in [-0.15, -0.1) is 11.3 Å². The van der Waals surface area contributed by atoms with Crippen LogP contribution in [0.25, 0.3) is 22.4 Å². The second-order valence-electron chi connectivity index (χ2n) is 4.39. The molecule has 0 radical (unpaired) electrons. The maximum absolute atomic E-state index is 5.67. The Labute approximate surface area is 121 Å². The summed E-state index contributed by atoms with van der Waals surface area (Å²) in [5.41, 5.74) is 8.54. The van der Waals surface area contributed by atoms with Gasteiger partial charge in [0.2, 0.25) is 0 Å². The number of hydrogen-bond donors (Lipinski definition) is 1. The maximum atomic E-state index is 5.67. The summed E-state index contributed by atoms with van der Waals surface area (Å²) in [5.74, 6) is 0.857. The van der Waals surface area contributed by atoms with Crippen molar-refractivity contribution in [3.63, 3.8) is 0 Å². The zero-order chi connectivity index (χ0) is 13.9. The zero-order valence-electron chi connectivity index (χ0n) is 11.0. The summed E-state index contributed by atoms with van der Waals surface area (Å²) in [4.78, 5) is 4.57. The summed E-state index contributed by atoms with van der Waals surface area (Å²) in [5, 5.41) is 0.977. The Morgan fingerprint density at radius 1 is 1.10 bits per heavy atom. The van der Waals surface area contributed by atoms with Gasteiger partial charge >= 0.3 is 0 Å². The quantitative estimate of drug-likeness (QED) is 0.737. The third kappa shape index (κ3) is 2.65. The molecule has 20 heavy (non-hydrogen) atoms. The molecule has 3 nitrogen and oxygen atoms in total. The van der Waals surface area contributed by atoms with Crippen molar-refractivity contribution in [3.05, 3.63) is 53.0 Å². The topological polar surface area (TPSA) is 48.1 Å². The predicted molar refractivity (Wildman–Crippen MR) is 86.0 cm³/mol. The molecule has 0 saturated carbocycles. The fourth-order valence-corrected chi connectivity index (χ4v) is 2.79. The number of anilines is 1. The molecule has 0 aliphatic carbocycles. The second kappa shape index (κ2) is 5.35. The van der Waals surface area contributed by atoms with E-state index in [-0.39, 0.29) is 0 Å². The number of rotatable bonds is 3. The number of nitrogens with two attached hydrogens (primary N) is 1. The van der Waals surface area contributed by atoms with Crippen molar-refractivity contribution in [2.75, 3.05) is 12.8 Å². The minimum Gasteiger partial charge on any atom is -0.497 e. The van der Waals surface area contributed by atoms with E-state index < -0.39 is 0 Å². The SMILES string of the molecule is COc1ccc2nc(/C=C/c3ccc(N)cc3)sc2c1. The highest BCUT2D eigenvalue weighted by molar-refractivity contribution is 7.19. The van der Waals surface area contributed by atoms with Crippen molar-refractivity contribution in [2.24, 2.45) is 0 Å². The van der Waals surface area contributed by atoms with Crippen LogP contribution in [0, 0.1) is 0 Å². The molecule has 0 atom stereocenters. The van der Waals surface area contributed by atoms with Crippen LogP contribution in [0.2, 0.25) is 0 Å². The first-order valence-corrected chi connectivity index (χ1v) is 7.04. The third-order valence-corrected chi connectivity index (χ3v) is 3.95. The van der Waals surface area contributed by atoms with Crippen LogP contribution in [0.3, 0.4) is 0 Å². The molecule has 100 valence electrons. The molecule has 2 N–H and O–H groups in total. The lowest BCUT2D eigenvalue weighted by Crippen LogP contribution is -1.82. The second-order valence-corrected chi connectivity index (χ2v) is 5.45. The molecular weight excluding hydrogens is 268 g/mol. The minimum atomic E-state index is 0.772. The summed E-state index contributed by atoms with van der Waals surface area (Å²) >= 11 is 1.65. The number of hydrogen-bond acceptors (Lipinski definition) is 4. The summed E-state index contributed by atoms with van der Waals surface area (Å²) in [7, 11) is 1.67. The number of methoxy groups -OCH3 is 1. The first-order valence-electron chi connectivity index (χ1n) is 6.23. The fourth-order valence-electron chi connectivity index (χ4n) is 1.90. The summed E-state index contributed by atoms with van der Waals surface area (Å²) in [6, 6.07) is 13.7. The van der Waals surface area contributed by atoms with Gasteiger partial charge in [0.05, 0.1) is 17.3 Å². The Balaban J connectivity index is 1.88. The maximum Gasteiger partial charge on any atom is 0.120 e. The first-order chi connectivity index (χ1) is 9.74. The van der Waals surface area contributed by atoms with Gasteiger partial charge in [-0.3, -0.25) is 0 Å². The van der Waals surface area contributed by atoms with E-state index in [1.165, 1.54) is 0 Å². The van der Waals surface area contributed by atoms with Crippen LogP contribution in [0.4, 0.5) is 5.69 Å². The van der Waals surface area contributed by atoms with Gasteiger partial charge < -0.3 is 10.5 Å². The number of aromatic nitrogens is 1. The number of ether oxygens (including phenoxy) is 1. The van der Waals surface area contributed by atoms with E-state index in [0.717, 1.165) is 32.2 Å². The predicted octanol–water partition coefficient (Wildman–Crippen LogP) is 4.06. The molecule has 3 aromatic rings. The lowest BCUT2D eigenvalue weighted by molar-refractivity contribution is 0.415. The van der Waals surface area contributed by atoms with Crippen molar-refractivity contribution in [2.45, 2.75) is 0 Å². The Morgan fingerprint density at radius 2 is 1.90 bits per heavy atom. The molecule has 0 aliphatic rings. The number of thiazole rings is 1. The molecule has 0 fully saturated rings. The lowest BCUT2D eigenvalue weighted by Gasteiger charge is -1.96. The molecule has 3 rings (SSSR count). The molecule has 1 aromatic heterocycles. The zero-order valence-corrected chi connectivity index (χ0v) is 11.9. The number of nitrogens with zero attached hydrogens (tertiary/aromatic N) is 1. The Bertz CT molecular complexity index is 760. The highest BCUT2D eigenvalue weighted by atomic mass is 32.1. The van der Waals surface area contributed by atoms with Crippen molar-refractivity contribution < 1.29 is 4.74 Å². The van der Waals surface area contributed by atoms with Gasteiger partial charge in [-0.2, -0.15) is 0 Å². The average Bonchev–Trinajstić information content (AvgIpc) is 2.88. The molecule has 1 heterocycles. The van der Waals surface area contributed by atoms with Gasteiger partial charge in [0.25, 0.3) is 0 Å². The van der Waals surface area contributed by atoms with Crippen molar-refractivity contribution in [3.8, 4) is 5.75 Å². The van der Waals surface area contributed by atoms with E-state index in [9.17, 15) is 0 Å². The molecule has 0 saturated heterocycles. The van der Waals surface area contributed by atoms with Crippen LogP contribution >= 0.6 is 11.3 Å². The third-order valence-electron chi connectivity index (χ3n) is 2.97. The minimum absolute atomic E-state index is 0.772. The molecule has 4 heteroatoms. The summed E-state index contributed by atoms with van der Waals surface area (Å²) in [6.45, 7) is 0. The Kier molecular flexibility index (Phi) is 3.39. The monoisotopic (exact) mass is 282 g/mol. The normalized spacial score (nSPS) is 11.2. The van der Waals surface area contributed by atoms with Gasteiger partial charge in [0.1, 0.15) is 10.8 Å². The van der Waals surface area contributed by atoms with E-state index in [0.29, 0.717) is 0 Å². The Morgan fingerprint density at radius 3 is 2.65 bits per heavy atom. The number of nitrogen functional groups attached to an aromatic ring is 1. The number of fused-ring (bicyclic) bond motifs is 1.